The maximum absolute atomic E-state index is 2.39. The van der Waals surface area contributed by atoms with E-state index < -0.39 is 0 Å². The lowest BCUT2D eigenvalue weighted by Crippen LogP contribution is -2.28. The molecule has 20 rings (SSSR count). The first-order valence-corrected chi connectivity index (χ1v) is 41.5. The Labute approximate surface area is 690 Å². The Bertz CT molecular complexity index is 5230. The molecular formula is C116H104. The molecule has 4 aliphatic rings. The summed E-state index contributed by atoms with van der Waals surface area (Å²) < 4.78 is 0. The Morgan fingerprint density at radius 3 is 0.284 bits per heavy atom. The largest absolute Gasteiger partial charge is 0.0713 e. The topological polar surface area (TPSA) is 0 Å². The van der Waals surface area contributed by atoms with E-state index in [4.69, 9.17) is 0 Å². The molecule has 0 amide bonds. The Morgan fingerprint density at radius 2 is 0.190 bits per heavy atom. The van der Waals surface area contributed by atoms with E-state index in [-0.39, 0.29) is 21.7 Å². The average molecular weight is 1500 g/mol. The van der Waals surface area contributed by atoms with Gasteiger partial charge in [-0.2, -0.15) is 0 Å². The molecule has 0 radical (unpaired) electrons. The Balaban J connectivity index is 0.000000111. The molecule has 116 heavy (non-hydrogen) atoms. The van der Waals surface area contributed by atoms with Crippen molar-refractivity contribution in [1.82, 2.24) is 0 Å². The highest BCUT2D eigenvalue weighted by Gasteiger charge is 2.51. The van der Waals surface area contributed by atoms with Crippen molar-refractivity contribution in [3.05, 3.63) is 518 Å². The quantitative estimate of drug-likeness (QED) is 0.142. The highest BCUT2D eigenvalue weighted by molar-refractivity contribution is 5.91. The Morgan fingerprint density at radius 1 is 0.103 bits per heavy atom. The molecule has 0 fully saturated rings. The van der Waals surface area contributed by atoms with E-state index in [1.54, 1.807) is 0 Å². The van der Waals surface area contributed by atoms with Gasteiger partial charge in [-0.15, -0.1) is 0 Å². The molecule has 0 N–H and O–H groups in total. The van der Waals surface area contributed by atoms with E-state index in [9.17, 15) is 0 Å². The fourth-order valence-corrected chi connectivity index (χ4v) is 19.8. The van der Waals surface area contributed by atoms with Crippen LogP contribution in [0.2, 0.25) is 0 Å². The third kappa shape index (κ3) is 12.8. The minimum atomic E-state index is -0.288. The summed E-state index contributed by atoms with van der Waals surface area (Å²) in [5.74, 6) is 0. The molecule has 0 aromatic heterocycles. The van der Waals surface area contributed by atoms with Crippen LogP contribution in [0.1, 0.15) is 178 Å². The summed E-state index contributed by atoms with van der Waals surface area (Å²) in [5.41, 5.74) is 52.3. The average Bonchev–Trinajstić information content (AvgIpc) is 1.55. The molecule has 0 bridgehead atoms. The second-order valence-corrected chi connectivity index (χ2v) is 34.3. The normalized spacial score (nSPS) is 13.8. The third-order valence-electron chi connectivity index (χ3n) is 25.7. The number of hydrogen-bond acceptors (Lipinski definition) is 0. The zero-order valence-corrected chi connectivity index (χ0v) is 70.3. The number of benzene rings is 16. The van der Waals surface area contributed by atoms with Gasteiger partial charge in [0.05, 0.1) is 21.7 Å². The van der Waals surface area contributed by atoms with Crippen LogP contribution in [0, 0.1) is 111 Å². The van der Waals surface area contributed by atoms with Gasteiger partial charge < -0.3 is 0 Å². The highest BCUT2D eigenvalue weighted by atomic mass is 14.5. The molecule has 0 aliphatic heterocycles. The second-order valence-electron chi connectivity index (χ2n) is 34.3. The van der Waals surface area contributed by atoms with Crippen LogP contribution in [0.5, 0.6) is 0 Å². The summed E-state index contributed by atoms with van der Waals surface area (Å²) >= 11 is 0. The van der Waals surface area contributed by atoms with E-state index >= 15 is 0 Å². The Kier molecular flexibility index (Phi) is 19.7. The van der Waals surface area contributed by atoms with Crippen molar-refractivity contribution in [1.29, 1.82) is 0 Å². The molecule has 0 saturated carbocycles. The van der Waals surface area contributed by atoms with Crippen molar-refractivity contribution < 1.29 is 0 Å². The van der Waals surface area contributed by atoms with Gasteiger partial charge in [0.2, 0.25) is 0 Å². The van der Waals surface area contributed by atoms with Crippen molar-refractivity contribution in [3.8, 4) is 44.5 Å². The zero-order valence-electron chi connectivity index (χ0n) is 70.3. The fraction of sp³-hybridized carbons (Fsp3) is 0.172. The van der Waals surface area contributed by atoms with E-state index in [0.717, 1.165) is 0 Å². The molecule has 0 heterocycles. The van der Waals surface area contributed by atoms with Gasteiger partial charge in [0.25, 0.3) is 0 Å². The van der Waals surface area contributed by atoms with Crippen LogP contribution in [0.4, 0.5) is 0 Å². The Hall–Kier alpha value is -12.5. The molecule has 16 aromatic rings. The number of hydrogen-bond donors (Lipinski definition) is 0. The van der Waals surface area contributed by atoms with Crippen LogP contribution in [-0.4, -0.2) is 0 Å². The van der Waals surface area contributed by atoms with E-state index in [0.29, 0.717) is 0 Å². The molecule has 0 heteroatoms. The highest BCUT2D eigenvalue weighted by Crippen LogP contribution is 2.61. The van der Waals surface area contributed by atoms with Gasteiger partial charge in [-0.1, -0.05) is 429 Å². The SMILES string of the molecule is Cc1ccc(C2(c3ccc(C)cc3)c3cc(C)ccc3-c3ccc(C)cc32)cc1.Cc1ccc(C2(c3ccc(C)cc3)c3cc(C)ccc3-c3ccc(C)cc32)cc1.Cc1ccc(C2(c3ccc(C)cc3)c3cc(C)ccc3-c3ccc(C)cc32)cc1.Cc1ccc(C2(c3ccc(C)cc3)c3cc(C)ccc3-c3ccc(C)cc32)cc1. The lowest BCUT2D eigenvalue weighted by atomic mass is 9.67. The van der Waals surface area contributed by atoms with Gasteiger partial charge in [-0.05, 0) is 244 Å². The van der Waals surface area contributed by atoms with E-state index in [1.165, 1.54) is 223 Å². The maximum Gasteiger partial charge on any atom is 0.0713 e. The first kappa shape index (κ1) is 76.2. The fourth-order valence-electron chi connectivity index (χ4n) is 19.8. The van der Waals surface area contributed by atoms with Gasteiger partial charge in [0.15, 0.2) is 0 Å². The smallest absolute Gasteiger partial charge is 0.0590 e. The zero-order chi connectivity index (χ0) is 80.7. The summed E-state index contributed by atoms with van der Waals surface area (Å²) in [7, 11) is 0. The van der Waals surface area contributed by atoms with Crippen LogP contribution < -0.4 is 0 Å². The summed E-state index contributed by atoms with van der Waals surface area (Å²) in [6.45, 7) is 34.9. The minimum absolute atomic E-state index is 0.288. The molecule has 16 aromatic carbocycles. The van der Waals surface area contributed by atoms with Gasteiger partial charge in [0, 0.05) is 0 Å². The van der Waals surface area contributed by atoms with E-state index in [1.807, 2.05) is 0 Å². The maximum atomic E-state index is 2.39. The van der Waals surface area contributed by atoms with Crippen molar-refractivity contribution in [2.45, 2.75) is 132 Å². The first-order valence-electron chi connectivity index (χ1n) is 41.5. The number of aryl methyl sites for hydroxylation is 16. The van der Waals surface area contributed by atoms with Crippen molar-refractivity contribution >= 4 is 0 Å². The predicted molar refractivity (Wildman–Crippen MR) is 491 cm³/mol. The molecule has 568 valence electrons. The van der Waals surface area contributed by atoms with Crippen LogP contribution in [0.3, 0.4) is 0 Å². The molecular weight excluding hydrogens is 1390 g/mol. The van der Waals surface area contributed by atoms with Crippen molar-refractivity contribution in [3.63, 3.8) is 0 Å². The molecule has 0 atom stereocenters. The molecule has 0 unspecified atom stereocenters. The standard InChI is InChI=1S/4C29H26/c4*1-19-5-11-23(12-6-19)29(24-13-7-20(2)8-14-24)27-17-21(3)9-15-25(27)26-16-10-22(4)18-28(26)29/h4*5-18H,1-4H3. The molecule has 0 nitrogen and oxygen atoms in total. The van der Waals surface area contributed by atoms with Gasteiger partial charge in [-0.25, -0.2) is 0 Å². The molecule has 4 aliphatic carbocycles. The molecule has 0 saturated heterocycles. The lowest BCUT2D eigenvalue weighted by molar-refractivity contribution is 0.765. The summed E-state index contributed by atoms with van der Waals surface area (Å²) in [6.07, 6.45) is 0. The van der Waals surface area contributed by atoms with Gasteiger partial charge in [-0.3, -0.25) is 0 Å². The number of fused-ring (bicyclic) bond motifs is 12. The number of rotatable bonds is 8. The summed E-state index contributed by atoms with van der Waals surface area (Å²) in [4.78, 5) is 0. The second kappa shape index (κ2) is 30.0. The van der Waals surface area contributed by atoms with Crippen LogP contribution in [0.25, 0.3) is 44.5 Å². The van der Waals surface area contributed by atoms with Crippen molar-refractivity contribution in [2.75, 3.05) is 0 Å². The van der Waals surface area contributed by atoms with Crippen LogP contribution in [0.15, 0.2) is 340 Å². The first-order chi connectivity index (χ1) is 56.0. The van der Waals surface area contributed by atoms with Crippen molar-refractivity contribution in [2.24, 2.45) is 0 Å². The third-order valence-corrected chi connectivity index (χ3v) is 25.7. The monoisotopic (exact) mass is 1500 g/mol. The van der Waals surface area contributed by atoms with Crippen LogP contribution in [-0.2, 0) is 21.7 Å². The molecule has 0 spiro atoms. The van der Waals surface area contributed by atoms with Gasteiger partial charge in [0.1, 0.15) is 0 Å². The summed E-state index contributed by atoms with van der Waals surface area (Å²) in [6, 6.07) is 129. The summed E-state index contributed by atoms with van der Waals surface area (Å²) in [5, 5.41) is 0. The minimum Gasteiger partial charge on any atom is -0.0590 e. The lowest BCUT2D eigenvalue weighted by Gasteiger charge is -2.34. The van der Waals surface area contributed by atoms with Crippen LogP contribution >= 0.6 is 0 Å². The predicted octanol–water partition coefficient (Wildman–Crippen LogP) is 29.1. The van der Waals surface area contributed by atoms with Gasteiger partial charge >= 0.3 is 0 Å². The van der Waals surface area contributed by atoms with E-state index in [2.05, 4.69) is 450 Å².